The number of aliphatic hydroxyl groups is 1. The lowest BCUT2D eigenvalue weighted by Gasteiger charge is -1.94. The SMILES string of the molecule is N#Cc1ccc(/C=C(\O)C(=O)O)cc1. The van der Waals surface area contributed by atoms with Crippen molar-refractivity contribution in [3.8, 4) is 6.07 Å². The van der Waals surface area contributed by atoms with Gasteiger partial charge < -0.3 is 10.2 Å². The van der Waals surface area contributed by atoms with Gasteiger partial charge in [-0.1, -0.05) is 12.1 Å². The molecule has 0 aliphatic heterocycles. The fraction of sp³-hybridized carbons (Fsp3) is 0. The van der Waals surface area contributed by atoms with Gasteiger partial charge in [0.05, 0.1) is 11.6 Å². The molecular weight excluding hydrogens is 182 g/mol. The Kier molecular flexibility index (Phi) is 2.87. The Morgan fingerprint density at radius 2 is 1.86 bits per heavy atom. The summed E-state index contributed by atoms with van der Waals surface area (Å²) in [5, 5.41) is 25.8. The van der Waals surface area contributed by atoms with Crippen LogP contribution in [0.2, 0.25) is 0 Å². The second-order valence-electron chi connectivity index (χ2n) is 2.57. The molecule has 14 heavy (non-hydrogen) atoms. The van der Waals surface area contributed by atoms with Crippen LogP contribution in [-0.4, -0.2) is 16.2 Å². The van der Waals surface area contributed by atoms with Crippen molar-refractivity contribution in [1.82, 2.24) is 0 Å². The summed E-state index contributed by atoms with van der Waals surface area (Å²) in [5.41, 5.74) is 1.01. The number of benzene rings is 1. The van der Waals surface area contributed by atoms with Crippen molar-refractivity contribution in [1.29, 1.82) is 5.26 Å². The molecular formula is C10H7NO3. The number of nitrogens with zero attached hydrogens (tertiary/aromatic N) is 1. The molecule has 0 fully saturated rings. The van der Waals surface area contributed by atoms with Crippen LogP contribution in [0.1, 0.15) is 11.1 Å². The minimum absolute atomic E-state index is 0.483. The topological polar surface area (TPSA) is 81.3 Å². The second-order valence-corrected chi connectivity index (χ2v) is 2.57. The summed E-state index contributed by atoms with van der Waals surface area (Å²) in [6.07, 6.45) is 1.11. The Balaban J connectivity index is 2.95. The number of carboxylic acids is 1. The van der Waals surface area contributed by atoms with Crippen molar-refractivity contribution >= 4 is 12.0 Å². The van der Waals surface area contributed by atoms with Gasteiger partial charge in [-0.15, -0.1) is 0 Å². The zero-order valence-corrected chi connectivity index (χ0v) is 7.14. The molecule has 1 aromatic carbocycles. The van der Waals surface area contributed by atoms with E-state index < -0.39 is 11.7 Å². The highest BCUT2D eigenvalue weighted by Gasteiger charge is 2.02. The van der Waals surface area contributed by atoms with Gasteiger partial charge in [0, 0.05) is 0 Å². The third kappa shape index (κ3) is 2.35. The van der Waals surface area contributed by atoms with E-state index in [1.54, 1.807) is 24.3 Å². The summed E-state index contributed by atoms with van der Waals surface area (Å²) in [6, 6.07) is 8.12. The largest absolute Gasteiger partial charge is 0.502 e. The molecule has 0 saturated heterocycles. The molecule has 0 bridgehead atoms. The van der Waals surface area contributed by atoms with Crippen molar-refractivity contribution in [2.75, 3.05) is 0 Å². The Hall–Kier alpha value is -2.28. The molecule has 0 unspecified atom stereocenters. The van der Waals surface area contributed by atoms with Gasteiger partial charge in [0.2, 0.25) is 5.76 Å². The molecule has 0 aromatic heterocycles. The first-order valence-corrected chi connectivity index (χ1v) is 3.77. The minimum Gasteiger partial charge on any atom is -0.502 e. The normalized spacial score (nSPS) is 10.6. The van der Waals surface area contributed by atoms with Crippen LogP contribution in [0.3, 0.4) is 0 Å². The molecule has 0 aliphatic rings. The lowest BCUT2D eigenvalue weighted by molar-refractivity contribution is -0.135. The van der Waals surface area contributed by atoms with Crippen LogP contribution in [0.4, 0.5) is 0 Å². The van der Waals surface area contributed by atoms with Crippen molar-refractivity contribution in [3.63, 3.8) is 0 Å². The van der Waals surface area contributed by atoms with Crippen LogP contribution in [0.25, 0.3) is 6.08 Å². The van der Waals surface area contributed by atoms with Gasteiger partial charge in [-0.3, -0.25) is 0 Å². The maximum Gasteiger partial charge on any atom is 0.370 e. The molecule has 0 saturated carbocycles. The molecule has 0 heterocycles. The Morgan fingerprint density at radius 3 is 2.29 bits per heavy atom. The van der Waals surface area contributed by atoms with Crippen molar-refractivity contribution in [2.45, 2.75) is 0 Å². The van der Waals surface area contributed by atoms with E-state index in [4.69, 9.17) is 15.5 Å². The van der Waals surface area contributed by atoms with E-state index in [1.807, 2.05) is 6.07 Å². The van der Waals surface area contributed by atoms with E-state index in [-0.39, 0.29) is 0 Å². The highest BCUT2D eigenvalue weighted by atomic mass is 16.4. The van der Waals surface area contributed by atoms with Gasteiger partial charge in [-0.05, 0) is 23.8 Å². The lowest BCUT2D eigenvalue weighted by Crippen LogP contribution is -1.98. The van der Waals surface area contributed by atoms with Crippen LogP contribution in [0, 0.1) is 11.3 Å². The average Bonchev–Trinajstić information content (AvgIpc) is 2.19. The molecule has 1 aromatic rings. The fourth-order valence-corrected chi connectivity index (χ4v) is 0.873. The number of hydrogen-bond donors (Lipinski definition) is 2. The highest BCUT2D eigenvalue weighted by molar-refractivity contribution is 5.89. The van der Waals surface area contributed by atoms with Crippen LogP contribution in [0.15, 0.2) is 30.0 Å². The minimum atomic E-state index is -1.38. The lowest BCUT2D eigenvalue weighted by atomic mass is 10.1. The predicted molar refractivity (Wildman–Crippen MR) is 49.4 cm³/mol. The third-order valence-electron chi connectivity index (χ3n) is 1.56. The molecule has 4 heteroatoms. The molecule has 4 nitrogen and oxygen atoms in total. The Morgan fingerprint density at radius 1 is 1.29 bits per heavy atom. The molecule has 0 amide bonds. The van der Waals surface area contributed by atoms with E-state index in [1.165, 1.54) is 0 Å². The number of carbonyl (C=O) groups is 1. The molecule has 0 aliphatic carbocycles. The summed E-state index contributed by atoms with van der Waals surface area (Å²) in [6.45, 7) is 0. The summed E-state index contributed by atoms with van der Waals surface area (Å²) in [7, 11) is 0. The Bertz CT molecular complexity index is 412. The Labute approximate surface area is 80.3 Å². The molecule has 70 valence electrons. The van der Waals surface area contributed by atoms with Gasteiger partial charge in [-0.2, -0.15) is 5.26 Å². The highest BCUT2D eigenvalue weighted by Crippen LogP contribution is 2.07. The standard InChI is InChI=1S/C10H7NO3/c11-6-8-3-1-7(2-4-8)5-9(12)10(13)14/h1-5,12H,(H,13,14)/b9-5-. The van der Waals surface area contributed by atoms with Gasteiger partial charge in [0.25, 0.3) is 0 Å². The molecule has 2 N–H and O–H groups in total. The molecule has 0 atom stereocenters. The van der Waals surface area contributed by atoms with Crippen LogP contribution in [0.5, 0.6) is 0 Å². The average molecular weight is 189 g/mol. The van der Waals surface area contributed by atoms with E-state index in [0.29, 0.717) is 11.1 Å². The first-order valence-electron chi connectivity index (χ1n) is 3.77. The van der Waals surface area contributed by atoms with Crippen molar-refractivity contribution < 1.29 is 15.0 Å². The summed E-state index contributed by atoms with van der Waals surface area (Å²) < 4.78 is 0. The zero-order chi connectivity index (χ0) is 10.6. The van der Waals surface area contributed by atoms with E-state index in [2.05, 4.69) is 0 Å². The van der Waals surface area contributed by atoms with E-state index >= 15 is 0 Å². The number of nitriles is 1. The van der Waals surface area contributed by atoms with Gasteiger partial charge in [-0.25, -0.2) is 4.79 Å². The van der Waals surface area contributed by atoms with Gasteiger partial charge in [0.1, 0.15) is 0 Å². The first kappa shape index (κ1) is 9.81. The monoisotopic (exact) mass is 189 g/mol. The third-order valence-corrected chi connectivity index (χ3v) is 1.56. The summed E-state index contributed by atoms with van der Waals surface area (Å²) in [4.78, 5) is 10.3. The number of hydrogen-bond acceptors (Lipinski definition) is 3. The summed E-state index contributed by atoms with van der Waals surface area (Å²) >= 11 is 0. The van der Waals surface area contributed by atoms with Crippen LogP contribution < -0.4 is 0 Å². The van der Waals surface area contributed by atoms with Crippen LogP contribution >= 0.6 is 0 Å². The number of aliphatic carboxylic acids is 1. The number of rotatable bonds is 2. The van der Waals surface area contributed by atoms with Gasteiger partial charge in [0.15, 0.2) is 0 Å². The molecule has 1 rings (SSSR count). The maximum absolute atomic E-state index is 10.3. The number of carboxylic acid groups (broad SMARTS) is 1. The zero-order valence-electron chi connectivity index (χ0n) is 7.14. The van der Waals surface area contributed by atoms with Crippen LogP contribution in [-0.2, 0) is 4.79 Å². The van der Waals surface area contributed by atoms with Crippen molar-refractivity contribution in [2.24, 2.45) is 0 Å². The van der Waals surface area contributed by atoms with Crippen molar-refractivity contribution in [3.05, 3.63) is 41.2 Å². The molecule has 0 radical (unpaired) electrons. The van der Waals surface area contributed by atoms with Gasteiger partial charge >= 0.3 is 5.97 Å². The quantitative estimate of drug-likeness (QED) is 0.546. The van der Waals surface area contributed by atoms with E-state index in [9.17, 15) is 4.79 Å². The first-order chi connectivity index (χ1) is 6.63. The van der Waals surface area contributed by atoms with E-state index in [0.717, 1.165) is 6.08 Å². The summed E-state index contributed by atoms with van der Waals surface area (Å²) in [5.74, 6) is -2.11. The fourth-order valence-electron chi connectivity index (χ4n) is 0.873. The molecule has 0 spiro atoms. The smallest absolute Gasteiger partial charge is 0.370 e. The second kappa shape index (κ2) is 4.10. The maximum atomic E-state index is 10.3. The predicted octanol–water partition coefficient (Wildman–Crippen LogP) is 1.54. The number of aliphatic hydroxyl groups excluding tert-OH is 1.